The summed E-state index contributed by atoms with van der Waals surface area (Å²) in [5, 5.41) is 6.84. The van der Waals surface area contributed by atoms with Crippen molar-refractivity contribution in [3.05, 3.63) is 35.4 Å². The van der Waals surface area contributed by atoms with E-state index >= 15 is 0 Å². The van der Waals surface area contributed by atoms with Crippen LogP contribution in [0.15, 0.2) is 24.3 Å². The minimum Gasteiger partial charge on any atom is -0.345 e. The number of benzene rings is 1. The molecule has 25 heavy (non-hydrogen) atoms. The van der Waals surface area contributed by atoms with Gasteiger partial charge in [-0.25, -0.2) is 4.79 Å². The van der Waals surface area contributed by atoms with Crippen molar-refractivity contribution in [3.8, 4) is 0 Å². The molecular weight excluding hydrogens is 335 g/mol. The molecule has 0 bridgehead atoms. The fourth-order valence-electron chi connectivity index (χ4n) is 2.11. The third-order valence-corrected chi connectivity index (χ3v) is 3.37. The van der Waals surface area contributed by atoms with Crippen molar-refractivity contribution < 1.29 is 22.8 Å². The highest BCUT2D eigenvalue weighted by Crippen LogP contribution is 2.13. The third kappa shape index (κ3) is 8.97. The van der Waals surface area contributed by atoms with Gasteiger partial charge in [0.1, 0.15) is 12.6 Å². The van der Waals surface area contributed by atoms with Gasteiger partial charge in [0, 0.05) is 6.54 Å². The van der Waals surface area contributed by atoms with Crippen LogP contribution in [0.3, 0.4) is 0 Å². The fraction of sp³-hybridized carbons (Fsp3) is 0.529. The Labute approximate surface area is 145 Å². The zero-order chi connectivity index (χ0) is 19.0. The van der Waals surface area contributed by atoms with Gasteiger partial charge in [0.15, 0.2) is 0 Å². The molecule has 0 fully saturated rings. The lowest BCUT2D eigenvalue weighted by Gasteiger charge is -2.21. The maximum Gasteiger partial charge on any atom is 0.405 e. The number of urea groups is 1. The normalized spacial score (nSPS) is 12.6. The summed E-state index contributed by atoms with van der Waals surface area (Å²) in [6.45, 7) is 4.41. The molecule has 0 radical (unpaired) electrons. The summed E-state index contributed by atoms with van der Waals surface area (Å²) in [7, 11) is 0. The van der Waals surface area contributed by atoms with Gasteiger partial charge >= 0.3 is 12.2 Å². The van der Waals surface area contributed by atoms with Crippen LogP contribution in [0.2, 0.25) is 0 Å². The first kappa shape index (κ1) is 20.8. The molecule has 3 amide bonds. The molecule has 0 aliphatic rings. The first-order chi connectivity index (χ1) is 11.6. The lowest BCUT2D eigenvalue weighted by molar-refractivity contribution is -0.139. The number of hydrogen-bond acceptors (Lipinski definition) is 2. The van der Waals surface area contributed by atoms with E-state index in [1.807, 2.05) is 50.4 Å². The Kier molecular flexibility index (Phi) is 7.73. The van der Waals surface area contributed by atoms with Gasteiger partial charge in [-0.3, -0.25) is 4.79 Å². The minimum absolute atomic E-state index is 0.0269. The highest BCUT2D eigenvalue weighted by Gasteiger charge is 2.30. The average molecular weight is 359 g/mol. The fourth-order valence-corrected chi connectivity index (χ4v) is 2.11. The molecule has 1 atom stereocenters. The van der Waals surface area contributed by atoms with Gasteiger partial charge in [-0.2, -0.15) is 13.2 Å². The smallest absolute Gasteiger partial charge is 0.345 e. The standard InChI is InChI=1S/C17H24F3N3O2/c1-11(2)8-14(15(24)22-10-17(18,19)20)23-16(25)21-9-13-6-4-12(3)5-7-13/h4-7,11,14H,8-10H2,1-3H3,(H,22,24)(H2,21,23,25). The second-order valence-electron chi connectivity index (χ2n) is 6.33. The van der Waals surface area contributed by atoms with Crippen LogP contribution >= 0.6 is 0 Å². The second-order valence-corrected chi connectivity index (χ2v) is 6.33. The van der Waals surface area contributed by atoms with Crippen LogP contribution in [0, 0.1) is 12.8 Å². The van der Waals surface area contributed by atoms with E-state index in [9.17, 15) is 22.8 Å². The second kappa shape index (κ2) is 9.29. The van der Waals surface area contributed by atoms with E-state index in [1.165, 1.54) is 0 Å². The van der Waals surface area contributed by atoms with Crippen LogP contribution in [0.5, 0.6) is 0 Å². The summed E-state index contributed by atoms with van der Waals surface area (Å²) in [6.07, 6.45) is -4.26. The molecule has 0 saturated carbocycles. The summed E-state index contributed by atoms with van der Waals surface area (Å²) in [5.74, 6) is -0.824. The number of hydrogen-bond donors (Lipinski definition) is 3. The van der Waals surface area contributed by atoms with Crippen LogP contribution in [-0.2, 0) is 11.3 Å². The van der Waals surface area contributed by atoms with Gasteiger partial charge < -0.3 is 16.0 Å². The summed E-state index contributed by atoms with van der Waals surface area (Å²) in [6, 6.07) is 5.89. The number of aryl methyl sites for hydroxylation is 1. The van der Waals surface area contributed by atoms with Gasteiger partial charge in [0.25, 0.3) is 0 Å². The molecule has 1 rings (SSSR count). The molecule has 5 nitrogen and oxygen atoms in total. The van der Waals surface area contributed by atoms with Crippen LogP contribution in [-0.4, -0.2) is 30.7 Å². The van der Waals surface area contributed by atoms with E-state index in [2.05, 4.69) is 10.6 Å². The topological polar surface area (TPSA) is 70.2 Å². The summed E-state index contributed by atoms with van der Waals surface area (Å²) in [5.41, 5.74) is 1.97. The van der Waals surface area contributed by atoms with Crippen LogP contribution in [0.25, 0.3) is 0 Å². The van der Waals surface area contributed by atoms with Crippen LogP contribution < -0.4 is 16.0 Å². The van der Waals surface area contributed by atoms with Crippen molar-refractivity contribution in [2.75, 3.05) is 6.54 Å². The van der Waals surface area contributed by atoms with Crippen molar-refractivity contribution >= 4 is 11.9 Å². The Morgan fingerprint density at radius 3 is 2.20 bits per heavy atom. The average Bonchev–Trinajstić information content (AvgIpc) is 2.50. The van der Waals surface area contributed by atoms with E-state index in [0.29, 0.717) is 0 Å². The maximum atomic E-state index is 12.2. The molecule has 0 spiro atoms. The van der Waals surface area contributed by atoms with Gasteiger partial charge in [-0.15, -0.1) is 0 Å². The molecular formula is C17H24F3N3O2. The monoisotopic (exact) mass is 359 g/mol. The molecule has 3 N–H and O–H groups in total. The van der Waals surface area contributed by atoms with E-state index in [1.54, 1.807) is 0 Å². The van der Waals surface area contributed by atoms with E-state index in [0.717, 1.165) is 11.1 Å². The first-order valence-corrected chi connectivity index (χ1v) is 8.01. The van der Waals surface area contributed by atoms with Gasteiger partial charge in [-0.05, 0) is 24.8 Å². The molecule has 1 aromatic rings. The Balaban J connectivity index is 2.56. The molecule has 0 aliphatic carbocycles. The predicted octanol–water partition coefficient (Wildman–Crippen LogP) is 2.89. The number of nitrogens with one attached hydrogen (secondary N) is 3. The number of alkyl halides is 3. The molecule has 1 aromatic carbocycles. The van der Waals surface area contributed by atoms with Gasteiger partial charge in [0.05, 0.1) is 0 Å². The number of rotatable bonds is 7. The predicted molar refractivity (Wildman–Crippen MR) is 88.9 cm³/mol. The molecule has 0 heterocycles. The lowest BCUT2D eigenvalue weighted by Crippen LogP contribution is -2.51. The zero-order valence-corrected chi connectivity index (χ0v) is 14.5. The number of amides is 3. The van der Waals surface area contributed by atoms with E-state index in [-0.39, 0.29) is 18.9 Å². The highest BCUT2D eigenvalue weighted by atomic mass is 19.4. The van der Waals surface area contributed by atoms with Crippen molar-refractivity contribution in [1.29, 1.82) is 0 Å². The van der Waals surface area contributed by atoms with Crippen molar-refractivity contribution in [3.63, 3.8) is 0 Å². The lowest BCUT2D eigenvalue weighted by atomic mass is 10.0. The van der Waals surface area contributed by atoms with Crippen LogP contribution in [0.4, 0.5) is 18.0 Å². The van der Waals surface area contributed by atoms with E-state index < -0.39 is 30.7 Å². The number of carbonyl (C=O) groups is 2. The Morgan fingerprint density at radius 1 is 1.08 bits per heavy atom. The Bertz CT molecular complexity index is 571. The maximum absolute atomic E-state index is 12.2. The van der Waals surface area contributed by atoms with Gasteiger partial charge in [-0.1, -0.05) is 43.7 Å². The molecule has 0 aliphatic heterocycles. The SMILES string of the molecule is Cc1ccc(CNC(=O)NC(CC(C)C)C(=O)NCC(F)(F)F)cc1. The summed E-state index contributed by atoms with van der Waals surface area (Å²) < 4.78 is 36.7. The molecule has 0 saturated heterocycles. The molecule has 140 valence electrons. The highest BCUT2D eigenvalue weighted by molar-refractivity contribution is 5.87. The number of carbonyl (C=O) groups excluding carboxylic acids is 2. The largest absolute Gasteiger partial charge is 0.405 e. The van der Waals surface area contributed by atoms with E-state index in [4.69, 9.17) is 0 Å². The molecule has 8 heteroatoms. The minimum atomic E-state index is -4.49. The summed E-state index contributed by atoms with van der Waals surface area (Å²) in [4.78, 5) is 23.9. The van der Waals surface area contributed by atoms with Gasteiger partial charge in [0.2, 0.25) is 5.91 Å². The molecule has 1 unspecified atom stereocenters. The zero-order valence-electron chi connectivity index (χ0n) is 14.5. The summed E-state index contributed by atoms with van der Waals surface area (Å²) >= 11 is 0. The van der Waals surface area contributed by atoms with Crippen molar-refractivity contribution in [2.24, 2.45) is 5.92 Å². The first-order valence-electron chi connectivity index (χ1n) is 8.01. The van der Waals surface area contributed by atoms with Crippen molar-refractivity contribution in [2.45, 2.75) is 46.0 Å². The quantitative estimate of drug-likeness (QED) is 0.701. The Morgan fingerprint density at radius 2 is 1.68 bits per heavy atom. The third-order valence-electron chi connectivity index (χ3n) is 3.37. The van der Waals surface area contributed by atoms with Crippen LogP contribution in [0.1, 0.15) is 31.4 Å². The Hall–Kier alpha value is -2.25. The molecule has 0 aromatic heterocycles. The number of halogens is 3. The van der Waals surface area contributed by atoms with Crippen molar-refractivity contribution in [1.82, 2.24) is 16.0 Å².